The van der Waals surface area contributed by atoms with Gasteiger partial charge in [0.15, 0.2) is 0 Å². The molecule has 3 aromatic carbocycles. The van der Waals surface area contributed by atoms with Crippen molar-refractivity contribution in [2.24, 2.45) is 0 Å². The Balaban J connectivity index is 1.50. The van der Waals surface area contributed by atoms with Crippen LogP contribution in [0.5, 0.6) is 5.75 Å². The molecule has 0 unspecified atom stereocenters. The second kappa shape index (κ2) is 8.92. The van der Waals surface area contributed by atoms with Crippen LogP contribution in [0.2, 0.25) is 0 Å². The first-order chi connectivity index (χ1) is 15.7. The molecule has 2 amide bonds. The van der Waals surface area contributed by atoms with Crippen molar-refractivity contribution in [1.29, 1.82) is 0 Å². The second-order valence-electron chi connectivity index (χ2n) is 7.83. The maximum Gasteiger partial charge on any atom is 0.343 e. The normalized spacial score (nSPS) is 13.5. The van der Waals surface area contributed by atoms with Gasteiger partial charge in [-0.1, -0.05) is 41.4 Å². The van der Waals surface area contributed by atoms with Crippen LogP contribution in [0.3, 0.4) is 0 Å². The van der Waals surface area contributed by atoms with Gasteiger partial charge in [0.05, 0.1) is 11.3 Å². The molecule has 33 heavy (non-hydrogen) atoms. The highest BCUT2D eigenvalue weighted by Crippen LogP contribution is 2.32. The van der Waals surface area contributed by atoms with Crippen LogP contribution in [0.15, 0.2) is 77.5 Å². The molecule has 0 saturated carbocycles. The van der Waals surface area contributed by atoms with Crippen molar-refractivity contribution < 1.29 is 19.1 Å². The lowest BCUT2D eigenvalue weighted by Crippen LogP contribution is -2.32. The van der Waals surface area contributed by atoms with Crippen LogP contribution in [0.25, 0.3) is 0 Å². The Bertz CT molecular complexity index is 1290. The zero-order valence-electron chi connectivity index (χ0n) is 18.3. The van der Waals surface area contributed by atoms with Gasteiger partial charge in [0.2, 0.25) is 0 Å². The molecule has 0 bridgehead atoms. The lowest BCUT2D eigenvalue weighted by Gasteiger charge is -2.18. The third-order valence-electron chi connectivity index (χ3n) is 5.25. The van der Waals surface area contributed by atoms with Gasteiger partial charge in [-0.05, 0) is 74.4 Å². The lowest BCUT2D eigenvalue weighted by molar-refractivity contribution is -0.120. The summed E-state index contributed by atoms with van der Waals surface area (Å²) in [4.78, 5) is 39.2. The Hall–Kier alpha value is -3.90. The zero-order valence-corrected chi connectivity index (χ0v) is 19.1. The van der Waals surface area contributed by atoms with E-state index in [0.29, 0.717) is 22.7 Å². The molecule has 1 aliphatic rings. The second-order valence-corrected chi connectivity index (χ2v) is 8.21. The van der Waals surface area contributed by atoms with Crippen molar-refractivity contribution in [2.45, 2.75) is 20.8 Å². The van der Waals surface area contributed by atoms with Gasteiger partial charge >= 0.3 is 5.97 Å². The molecule has 0 atom stereocenters. The average molecular weight is 461 g/mol. The largest absolute Gasteiger partial charge is 0.423 e. The predicted molar refractivity (Wildman–Crippen MR) is 127 cm³/mol. The molecule has 7 heteroatoms. The van der Waals surface area contributed by atoms with Crippen LogP contribution < -0.4 is 15.0 Å². The molecule has 1 aliphatic heterocycles. The van der Waals surface area contributed by atoms with Crippen molar-refractivity contribution in [2.75, 3.05) is 10.2 Å². The van der Waals surface area contributed by atoms with E-state index in [2.05, 4.69) is 5.32 Å². The van der Waals surface area contributed by atoms with E-state index in [1.807, 2.05) is 45.0 Å². The van der Waals surface area contributed by atoms with E-state index in [1.54, 1.807) is 42.5 Å². The fraction of sp³-hybridized carbons (Fsp3) is 0.115. The standard InChI is InChI=1S/C26H21ClN2O4/c1-15-5-12-20(13-6-15)33-26(32)18-8-10-19(11-9-18)28-23-22(27)24(30)29(25(23)31)21-14-16(2)4-7-17(21)3/h4-14,28H,1-3H3. The molecule has 0 aromatic heterocycles. The van der Waals surface area contributed by atoms with Crippen LogP contribution in [0.4, 0.5) is 11.4 Å². The van der Waals surface area contributed by atoms with Crippen LogP contribution >= 0.6 is 11.6 Å². The molecular weight excluding hydrogens is 440 g/mol. The van der Waals surface area contributed by atoms with E-state index < -0.39 is 17.8 Å². The minimum atomic E-state index is -0.587. The average Bonchev–Trinajstić information content (AvgIpc) is 3.00. The zero-order chi connectivity index (χ0) is 23.7. The Labute approximate surface area is 196 Å². The van der Waals surface area contributed by atoms with Gasteiger partial charge in [0.25, 0.3) is 11.8 Å². The minimum Gasteiger partial charge on any atom is -0.423 e. The molecule has 0 saturated heterocycles. The number of carbonyl (C=O) groups excluding carboxylic acids is 3. The molecular formula is C26H21ClN2O4. The minimum absolute atomic E-state index is 0.0162. The number of amides is 2. The van der Waals surface area contributed by atoms with Crippen LogP contribution in [0.1, 0.15) is 27.0 Å². The molecule has 1 N–H and O–H groups in total. The van der Waals surface area contributed by atoms with Crippen LogP contribution in [-0.2, 0) is 9.59 Å². The molecule has 3 aromatic rings. The number of carbonyl (C=O) groups is 3. The SMILES string of the molecule is Cc1ccc(OC(=O)c2ccc(NC3=C(Cl)C(=O)N(c4cc(C)ccc4C)C3=O)cc2)cc1. The molecule has 6 nitrogen and oxygen atoms in total. The Morgan fingerprint density at radius 2 is 1.48 bits per heavy atom. The molecule has 0 aliphatic carbocycles. The first-order valence-electron chi connectivity index (χ1n) is 10.3. The highest BCUT2D eigenvalue weighted by atomic mass is 35.5. The molecule has 1 heterocycles. The Morgan fingerprint density at radius 3 is 2.15 bits per heavy atom. The van der Waals surface area contributed by atoms with E-state index in [0.717, 1.165) is 21.6 Å². The number of imide groups is 1. The van der Waals surface area contributed by atoms with Crippen molar-refractivity contribution in [3.05, 3.63) is 99.7 Å². The van der Waals surface area contributed by atoms with Crippen molar-refractivity contribution in [3.8, 4) is 5.75 Å². The number of nitrogens with zero attached hydrogens (tertiary/aromatic N) is 1. The van der Waals surface area contributed by atoms with Gasteiger partial charge in [0.1, 0.15) is 16.5 Å². The van der Waals surface area contributed by atoms with E-state index in [9.17, 15) is 14.4 Å². The van der Waals surface area contributed by atoms with Gasteiger partial charge in [0, 0.05) is 5.69 Å². The number of benzene rings is 3. The molecule has 0 radical (unpaired) electrons. The van der Waals surface area contributed by atoms with E-state index in [-0.39, 0.29) is 10.7 Å². The number of aryl methyl sites for hydroxylation is 3. The maximum atomic E-state index is 13.0. The summed E-state index contributed by atoms with van der Waals surface area (Å²) in [6.07, 6.45) is 0. The highest BCUT2D eigenvalue weighted by molar-refractivity contribution is 6.53. The molecule has 4 rings (SSSR count). The third kappa shape index (κ3) is 4.52. The van der Waals surface area contributed by atoms with Gasteiger partial charge in [-0.15, -0.1) is 0 Å². The van der Waals surface area contributed by atoms with Crippen molar-refractivity contribution >= 4 is 40.8 Å². The Morgan fingerprint density at radius 1 is 0.848 bits per heavy atom. The summed E-state index contributed by atoms with van der Waals surface area (Å²) in [5.74, 6) is -1.18. The summed E-state index contributed by atoms with van der Waals surface area (Å²) in [5.41, 5.74) is 4.08. The summed E-state index contributed by atoms with van der Waals surface area (Å²) >= 11 is 6.22. The quantitative estimate of drug-likeness (QED) is 0.319. The number of hydrogen-bond acceptors (Lipinski definition) is 5. The monoisotopic (exact) mass is 460 g/mol. The highest BCUT2D eigenvalue weighted by Gasteiger charge is 2.39. The summed E-state index contributed by atoms with van der Waals surface area (Å²) in [7, 11) is 0. The summed E-state index contributed by atoms with van der Waals surface area (Å²) < 4.78 is 5.37. The fourth-order valence-corrected chi connectivity index (χ4v) is 3.61. The molecule has 0 spiro atoms. The van der Waals surface area contributed by atoms with Crippen molar-refractivity contribution in [1.82, 2.24) is 0 Å². The van der Waals surface area contributed by atoms with E-state index in [1.165, 1.54) is 0 Å². The first-order valence-corrected chi connectivity index (χ1v) is 10.6. The van der Waals surface area contributed by atoms with Gasteiger partial charge in [-0.3, -0.25) is 9.59 Å². The van der Waals surface area contributed by atoms with Gasteiger partial charge in [-0.25, -0.2) is 9.69 Å². The lowest BCUT2D eigenvalue weighted by atomic mass is 10.1. The predicted octanol–water partition coefficient (Wildman–Crippen LogP) is 5.27. The topological polar surface area (TPSA) is 75.7 Å². The number of halogens is 1. The number of ether oxygens (including phenoxy) is 1. The third-order valence-corrected chi connectivity index (χ3v) is 5.60. The van der Waals surface area contributed by atoms with Crippen molar-refractivity contribution in [3.63, 3.8) is 0 Å². The number of hydrogen-bond donors (Lipinski definition) is 1. The summed E-state index contributed by atoms with van der Waals surface area (Å²) in [6, 6.07) is 19.0. The van der Waals surface area contributed by atoms with Crippen LogP contribution in [0, 0.1) is 20.8 Å². The number of nitrogens with one attached hydrogen (secondary N) is 1. The fourth-order valence-electron chi connectivity index (χ4n) is 3.40. The Kier molecular flexibility index (Phi) is 6.03. The maximum absolute atomic E-state index is 13.0. The van der Waals surface area contributed by atoms with Crippen LogP contribution in [-0.4, -0.2) is 17.8 Å². The molecule has 0 fully saturated rings. The molecule has 166 valence electrons. The summed E-state index contributed by atoms with van der Waals surface area (Å²) in [6.45, 7) is 5.65. The first kappa shape index (κ1) is 22.3. The number of esters is 1. The van der Waals surface area contributed by atoms with Gasteiger partial charge < -0.3 is 10.1 Å². The van der Waals surface area contributed by atoms with Gasteiger partial charge in [-0.2, -0.15) is 0 Å². The number of anilines is 2. The summed E-state index contributed by atoms with van der Waals surface area (Å²) in [5, 5.41) is 2.72. The number of rotatable bonds is 5. The van der Waals surface area contributed by atoms with E-state index >= 15 is 0 Å². The van der Waals surface area contributed by atoms with E-state index in [4.69, 9.17) is 16.3 Å². The smallest absolute Gasteiger partial charge is 0.343 e.